The van der Waals surface area contributed by atoms with Crippen molar-refractivity contribution in [3.05, 3.63) is 27.3 Å². The molecule has 104 valence electrons. The summed E-state index contributed by atoms with van der Waals surface area (Å²) < 4.78 is 27.6. The van der Waals surface area contributed by atoms with E-state index in [1.807, 2.05) is 34.1 Å². The Morgan fingerprint density at radius 2 is 2.26 bits per heavy atom. The lowest BCUT2D eigenvalue weighted by Crippen LogP contribution is -2.18. The van der Waals surface area contributed by atoms with Gasteiger partial charge < -0.3 is 4.57 Å². The van der Waals surface area contributed by atoms with Crippen LogP contribution in [-0.2, 0) is 23.2 Å². The maximum atomic E-state index is 13.7. The van der Waals surface area contributed by atoms with Crippen LogP contribution in [0, 0.1) is 9.39 Å². The normalized spacial score (nSPS) is 14.8. The van der Waals surface area contributed by atoms with Crippen molar-refractivity contribution in [1.82, 2.24) is 9.55 Å². The van der Waals surface area contributed by atoms with Gasteiger partial charge in [-0.3, -0.25) is 4.21 Å². The molecule has 2 atom stereocenters. The van der Waals surface area contributed by atoms with E-state index in [0.29, 0.717) is 21.5 Å². The molecule has 0 aliphatic carbocycles. The molecule has 0 N–H and O–H groups in total. The standard InChI is InChI=1S/C12H13ClFIN2OS/c1-7(19(2)18)6-17-11-3-8(14)9(15)4-10(11)16-12(17)5-13/h3-4,7H,5-6H2,1-2H3. The van der Waals surface area contributed by atoms with Gasteiger partial charge in [-0.1, -0.05) is 0 Å². The van der Waals surface area contributed by atoms with Gasteiger partial charge in [0, 0.05) is 34.9 Å². The average Bonchev–Trinajstić information content (AvgIpc) is 2.67. The van der Waals surface area contributed by atoms with E-state index in [-0.39, 0.29) is 16.9 Å². The average molecular weight is 415 g/mol. The molecule has 0 aliphatic rings. The molecule has 0 fully saturated rings. The molecule has 0 aliphatic heterocycles. The lowest BCUT2D eigenvalue weighted by atomic mass is 10.3. The van der Waals surface area contributed by atoms with Gasteiger partial charge in [0.25, 0.3) is 0 Å². The minimum atomic E-state index is -0.945. The summed E-state index contributed by atoms with van der Waals surface area (Å²) in [7, 11) is -0.945. The summed E-state index contributed by atoms with van der Waals surface area (Å²) in [5.74, 6) is 0.645. The highest BCUT2D eigenvalue weighted by molar-refractivity contribution is 14.1. The third-order valence-corrected chi connectivity index (χ3v) is 5.34. The molecule has 0 amide bonds. The van der Waals surface area contributed by atoms with Crippen molar-refractivity contribution < 1.29 is 8.60 Å². The van der Waals surface area contributed by atoms with Crippen molar-refractivity contribution >= 4 is 56.0 Å². The highest BCUT2D eigenvalue weighted by Crippen LogP contribution is 2.23. The smallest absolute Gasteiger partial charge is 0.138 e. The molecule has 1 aromatic heterocycles. The summed E-state index contributed by atoms with van der Waals surface area (Å²) in [6, 6.07) is 3.16. The first kappa shape index (κ1) is 15.2. The minimum absolute atomic E-state index is 0.0401. The molecule has 2 unspecified atom stereocenters. The molecule has 0 spiro atoms. The molecule has 0 saturated heterocycles. The van der Waals surface area contributed by atoms with E-state index in [0.717, 1.165) is 5.52 Å². The molecule has 0 saturated carbocycles. The maximum absolute atomic E-state index is 13.7. The Morgan fingerprint density at radius 1 is 1.58 bits per heavy atom. The second-order valence-electron chi connectivity index (χ2n) is 4.34. The van der Waals surface area contributed by atoms with Crippen LogP contribution in [0.1, 0.15) is 12.7 Å². The minimum Gasteiger partial charge on any atom is -0.326 e. The summed E-state index contributed by atoms with van der Waals surface area (Å²) in [5, 5.41) is -0.0401. The fourth-order valence-corrected chi connectivity index (χ4v) is 2.85. The molecular weight excluding hydrogens is 402 g/mol. The first-order valence-corrected chi connectivity index (χ1v) is 8.89. The third kappa shape index (κ3) is 3.11. The summed E-state index contributed by atoms with van der Waals surface area (Å²) >= 11 is 7.83. The van der Waals surface area contributed by atoms with Gasteiger partial charge in [0.1, 0.15) is 11.6 Å². The van der Waals surface area contributed by atoms with E-state index in [9.17, 15) is 8.60 Å². The van der Waals surface area contributed by atoms with E-state index >= 15 is 0 Å². The summed E-state index contributed by atoms with van der Waals surface area (Å²) in [4.78, 5) is 4.41. The van der Waals surface area contributed by atoms with Crippen LogP contribution in [-0.4, -0.2) is 25.3 Å². The fourth-order valence-electron chi connectivity index (χ4n) is 1.84. The number of rotatable bonds is 4. The Hall–Kier alpha value is -0.210. The molecule has 1 aromatic carbocycles. The second kappa shape index (κ2) is 6.05. The first-order valence-electron chi connectivity index (χ1n) is 5.66. The summed E-state index contributed by atoms with van der Waals surface area (Å²) in [5.41, 5.74) is 1.42. The van der Waals surface area contributed by atoms with Gasteiger partial charge in [-0.2, -0.15) is 0 Å². The first-order chi connectivity index (χ1) is 8.93. The van der Waals surface area contributed by atoms with Crippen LogP contribution in [0.5, 0.6) is 0 Å². The van der Waals surface area contributed by atoms with Crippen molar-refractivity contribution in [2.45, 2.75) is 24.6 Å². The van der Waals surface area contributed by atoms with Gasteiger partial charge in [0.05, 0.1) is 20.5 Å². The Balaban J connectivity index is 2.56. The lowest BCUT2D eigenvalue weighted by Gasteiger charge is -2.12. The van der Waals surface area contributed by atoms with Crippen LogP contribution in [0.2, 0.25) is 0 Å². The Kier molecular flexibility index (Phi) is 4.84. The second-order valence-corrected chi connectivity index (χ2v) is 7.57. The Morgan fingerprint density at radius 3 is 2.84 bits per heavy atom. The third-order valence-electron chi connectivity index (χ3n) is 3.00. The Labute approximate surface area is 132 Å². The van der Waals surface area contributed by atoms with E-state index in [4.69, 9.17) is 11.6 Å². The van der Waals surface area contributed by atoms with Gasteiger partial charge in [0.2, 0.25) is 0 Å². The predicted molar refractivity (Wildman–Crippen MR) is 85.5 cm³/mol. The molecule has 1 heterocycles. The lowest BCUT2D eigenvalue weighted by molar-refractivity contribution is 0.617. The number of alkyl halides is 1. The van der Waals surface area contributed by atoms with Gasteiger partial charge in [-0.15, -0.1) is 11.6 Å². The fraction of sp³-hybridized carbons (Fsp3) is 0.417. The van der Waals surface area contributed by atoms with E-state index in [2.05, 4.69) is 4.98 Å². The highest BCUT2D eigenvalue weighted by atomic mass is 127. The monoisotopic (exact) mass is 414 g/mol. The van der Waals surface area contributed by atoms with Crippen LogP contribution in [0.3, 0.4) is 0 Å². The SMILES string of the molecule is CC(Cn1c(CCl)nc2cc(I)c(F)cc21)S(C)=O. The van der Waals surface area contributed by atoms with E-state index < -0.39 is 10.8 Å². The number of aromatic nitrogens is 2. The number of hydrogen-bond donors (Lipinski definition) is 0. The molecule has 0 radical (unpaired) electrons. The number of fused-ring (bicyclic) bond motifs is 1. The zero-order valence-electron chi connectivity index (χ0n) is 10.5. The molecule has 19 heavy (non-hydrogen) atoms. The van der Waals surface area contributed by atoms with Crippen molar-refractivity contribution in [3.8, 4) is 0 Å². The Bertz CT molecular complexity index is 646. The molecule has 7 heteroatoms. The topological polar surface area (TPSA) is 34.9 Å². The largest absolute Gasteiger partial charge is 0.326 e. The van der Waals surface area contributed by atoms with Crippen LogP contribution in [0.4, 0.5) is 4.39 Å². The van der Waals surface area contributed by atoms with Crippen molar-refractivity contribution in [2.75, 3.05) is 6.26 Å². The van der Waals surface area contributed by atoms with E-state index in [1.54, 1.807) is 12.3 Å². The molecule has 3 nitrogen and oxygen atoms in total. The van der Waals surface area contributed by atoms with Crippen molar-refractivity contribution in [3.63, 3.8) is 0 Å². The number of nitrogens with zero attached hydrogens (tertiary/aromatic N) is 2. The molecule has 2 aromatic rings. The molecule has 0 bridgehead atoms. The van der Waals surface area contributed by atoms with Crippen LogP contribution < -0.4 is 0 Å². The van der Waals surface area contributed by atoms with Crippen LogP contribution in [0.25, 0.3) is 11.0 Å². The van der Waals surface area contributed by atoms with Crippen molar-refractivity contribution in [2.24, 2.45) is 0 Å². The quantitative estimate of drug-likeness (QED) is 0.568. The zero-order valence-corrected chi connectivity index (χ0v) is 14.2. The molecule has 2 rings (SSSR count). The van der Waals surface area contributed by atoms with Crippen molar-refractivity contribution in [1.29, 1.82) is 0 Å². The highest BCUT2D eigenvalue weighted by Gasteiger charge is 2.16. The van der Waals surface area contributed by atoms with Gasteiger partial charge in [0.15, 0.2) is 0 Å². The number of hydrogen-bond acceptors (Lipinski definition) is 2. The number of benzene rings is 1. The van der Waals surface area contributed by atoms with Gasteiger partial charge in [-0.25, -0.2) is 9.37 Å². The summed E-state index contributed by atoms with van der Waals surface area (Å²) in [6.45, 7) is 2.41. The zero-order chi connectivity index (χ0) is 14.2. The summed E-state index contributed by atoms with van der Waals surface area (Å²) in [6.07, 6.45) is 1.66. The molecular formula is C12H13ClFIN2OS. The van der Waals surface area contributed by atoms with E-state index in [1.165, 1.54) is 6.07 Å². The predicted octanol–water partition coefficient (Wildman–Crippen LogP) is 3.29. The van der Waals surface area contributed by atoms with Crippen LogP contribution >= 0.6 is 34.2 Å². The van der Waals surface area contributed by atoms with Gasteiger partial charge in [-0.05, 0) is 35.6 Å². The van der Waals surface area contributed by atoms with Gasteiger partial charge >= 0.3 is 0 Å². The number of imidazole rings is 1. The maximum Gasteiger partial charge on any atom is 0.138 e. The number of halogens is 3. The van der Waals surface area contributed by atoms with Crippen LogP contribution in [0.15, 0.2) is 12.1 Å².